The molecule has 0 aromatic rings. The summed E-state index contributed by atoms with van der Waals surface area (Å²) in [5.41, 5.74) is 0. The predicted molar refractivity (Wildman–Crippen MR) is 55.8 cm³/mol. The van der Waals surface area contributed by atoms with Gasteiger partial charge in [-0.3, -0.25) is 9.69 Å². The average molecular weight is 213 g/mol. The van der Waals surface area contributed by atoms with Gasteiger partial charge < -0.3 is 9.84 Å². The van der Waals surface area contributed by atoms with Gasteiger partial charge >= 0.3 is 5.97 Å². The summed E-state index contributed by atoms with van der Waals surface area (Å²) in [6, 6.07) is 0.751. The van der Waals surface area contributed by atoms with Crippen molar-refractivity contribution >= 4 is 5.97 Å². The van der Waals surface area contributed by atoms with Gasteiger partial charge in [0.15, 0.2) is 0 Å². The largest absolute Gasteiger partial charge is 0.481 e. The molecule has 2 fully saturated rings. The normalized spacial score (nSPS) is 28.7. The van der Waals surface area contributed by atoms with Crippen LogP contribution in [-0.2, 0) is 9.53 Å². The molecule has 1 saturated heterocycles. The molecule has 1 heterocycles. The Bertz CT molecular complexity index is 228. The van der Waals surface area contributed by atoms with Gasteiger partial charge in [0.1, 0.15) is 0 Å². The first kappa shape index (κ1) is 10.9. The molecule has 4 heteroatoms. The highest BCUT2D eigenvalue weighted by molar-refractivity contribution is 5.66. The fraction of sp³-hybridized carbons (Fsp3) is 0.909. The Kier molecular flexibility index (Phi) is 3.59. The van der Waals surface area contributed by atoms with Crippen molar-refractivity contribution in [3.05, 3.63) is 0 Å². The monoisotopic (exact) mass is 213 g/mol. The van der Waals surface area contributed by atoms with Gasteiger partial charge in [-0.1, -0.05) is 6.42 Å². The average Bonchev–Trinajstić information content (AvgIpc) is 2.13. The lowest BCUT2D eigenvalue weighted by molar-refractivity contribution is -0.138. The molecule has 15 heavy (non-hydrogen) atoms. The Hall–Kier alpha value is -0.610. The predicted octanol–water partition coefficient (Wildman–Crippen LogP) is 1.10. The molecule has 2 rings (SSSR count). The molecule has 0 spiro atoms. The minimum absolute atomic E-state index is 0.135. The Labute approximate surface area is 90.2 Å². The lowest BCUT2D eigenvalue weighted by atomic mass is 9.91. The second-order valence-electron chi connectivity index (χ2n) is 4.50. The van der Waals surface area contributed by atoms with Crippen molar-refractivity contribution in [2.24, 2.45) is 0 Å². The summed E-state index contributed by atoms with van der Waals surface area (Å²) >= 11 is 0. The zero-order valence-electron chi connectivity index (χ0n) is 9.02. The van der Waals surface area contributed by atoms with Crippen molar-refractivity contribution in [1.29, 1.82) is 0 Å². The molecule has 1 unspecified atom stereocenters. The summed E-state index contributed by atoms with van der Waals surface area (Å²) in [7, 11) is 0. The first-order valence-corrected chi connectivity index (χ1v) is 5.83. The van der Waals surface area contributed by atoms with Crippen molar-refractivity contribution in [1.82, 2.24) is 4.90 Å². The Balaban J connectivity index is 1.73. The van der Waals surface area contributed by atoms with E-state index in [2.05, 4.69) is 4.90 Å². The fourth-order valence-electron chi connectivity index (χ4n) is 2.28. The second kappa shape index (κ2) is 4.94. The molecular formula is C11H19NO3. The number of morpholine rings is 1. The van der Waals surface area contributed by atoms with E-state index in [0.29, 0.717) is 6.42 Å². The molecule has 0 amide bonds. The van der Waals surface area contributed by atoms with Crippen LogP contribution in [0.15, 0.2) is 0 Å². The van der Waals surface area contributed by atoms with Crippen molar-refractivity contribution in [3.63, 3.8) is 0 Å². The topological polar surface area (TPSA) is 49.8 Å². The van der Waals surface area contributed by atoms with Crippen LogP contribution < -0.4 is 0 Å². The summed E-state index contributed by atoms with van der Waals surface area (Å²) in [5.74, 6) is -0.723. The van der Waals surface area contributed by atoms with Crippen LogP contribution >= 0.6 is 0 Å². The molecule has 2 aliphatic rings. The van der Waals surface area contributed by atoms with E-state index in [0.717, 1.165) is 25.7 Å². The van der Waals surface area contributed by atoms with Gasteiger partial charge in [-0.25, -0.2) is 0 Å². The van der Waals surface area contributed by atoms with Gasteiger partial charge in [0.2, 0.25) is 0 Å². The molecule has 0 aromatic heterocycles. The number of nitrogens with zero attached hydrogens (tertiary/aromatic N) is 1. The lowest BCUT2D eigenvalue weighted by Gasteiger charge is -2.42. The number of carbonyl (C=O) groups is 1. The summed E-state index contributed by atoms with van der Waals surface area (Å²) in [4.78, 5) is 12.9. The van der Waals surface area contributed by atoms with Crippen molar-refractivity contribution < 1.29 is 14.6 Å². The lowest BCUT2D eigenvalue weighted by Crippen LogP contribution is -2.50. The van der Waals surface area contributed by atoms with Gasteiger partial charge in [0.25, 0.3) is 0 Å². The van der Waals surface area contributed by atoms with E-state index >= 15 is 0 Å². The van der Waals surface area contributed by atoms with E-state index in [9.17, 15) is 4.79 Å². The fourth-order valence-corrected chi connectivity index (χ4v) is 2.28. The van der Waals surface area contributed by atoms with E-state index in [1.54, 1.807) is 0 Å². The maximum Gasteiger partial charge on any atom is 0.303 e. The standard InChI is InChI=1S/C11H19NO3/c13-11(14)5-4-10-8-12(6-7-15-10)9-2-1-3-9/h9-10H,1-8H2,(H,13,14). The molecule has 1 atom stereocenters. The molecule has 1 aliphatic carbocycles. The maximum absolute atomic E-state index is 10.5. The molecule has 0 aromatic carbocycles. The van der Waals surface area contributed by atoms with E-state index < -0.39 is 5.97 Å². The van der Waals surface area contributed by atoms with Crippen molar-refractivity contribution in [2.75, 3.05) is 19.7 Å². The van der Waals surface area contributed by atoms with E-state index in [1.807, 2.05) is 0 Å². The molecule has 1 N–H and O–H groups in total. The van der Waals surface area contributed by atoms with Crippen LogP contribution in [0.2, 0.25) is 0 Å². The molecule has 86 valence electrons. The third-order valence-corrected chi connectivity index (χ3v) is 3.44. The second-order valence-corrected chi connectivity index (χ2v) is 4.50. The van der Waals surface area contributed by atoms with E-state index in [4.69, 9.17) is 9.84 Å². The molecule has 4 nitrogen and oxygen atoms in total. The summed E-state index contributed by atoms with van der Waals surface area (Å²) < 4.78 is 5.57. The third kappa shape index (κ3) is 2.92. The number of aliphatic carboxylic acids is 1. The van der Waals surface area contributed by atoms with Crippen LogP contribution in [0.5, 0.6) is 0 Å². The van der Waals surface area contributed by atoms with Gasteiger partial charge in [0, 0.05) is 25.6 Å². The first-order chi connectivity index (χ1) is 7.25. The summed E-state index contributed by atoms with van der Waals surface area (Å²) in [6.07, 6.45) is 4.98. The minimum Gasteiger partial charge on any atom is -0.481 e. The number of carboxylic acids is 1. The quantitative estimate of drug-likeness (QED) is 0.760. The number of hydrogen-bond acceptors (Lipinski definition) is 3. The van der Waals surface area contributed by atoms with Crippen LogP contribution in [-0.4, -0.2) is 47.8 Å². The molecule has 1 aliphatic heterocycles. The molecule has 0 radical (unpaired) electrons. The SMILES string of the molecule is O=C(O)CCC1CN(C2CCC2)CCO1. The number of ether oxygens (including phenoxy) is 1. The highest BCUT2D eigenvalue weighted by atomic mass is 16.5. The van der Waals surface area contributed by atoms with Gasteiger partial charge in [0.05, 0.1) is 12.7 Å². The van der Waals surface area contributed by atoms with Gasteiger partial charge in [-0.2, -0.15) is 0 Å². The number of hydrogen-bond donors (Lipinski definition) is 1. The summed E-state index contributed by atoms with van der Waals surface area (Å²) in [6.45, 7) is 2.72. The van der Waals surface area contributed by atoms with Crippen LogP contribution in [0.25, 0.3) is 0 Å². The molecule has 0 bridgehead atoms. The highest BCUT2D eigenvalue weighted by Gasteiger charge is 2.29. The highest BCUT2D eigenvalue weighted by Crippen LogP contribution is 2.26. The van der Waals surface area contributed by atoms with Gasteiger partial charge in [-0.05, 0) is 19.3 Å². The van der Waals surface area contributed by atoms with E-state index in [-0.39, 0.29) is 12.5 Å². The first-order valence-electron chi connectivity index (χ1n) is 5.83. The smallest absolute Gasteiger partial charge is 0.303 e. The van der Waals surface area contributed by atoms with Crippen LogP contribution in [0, 0.1) is 0 Å². The van der Waals surface area contributed by atoms with Crippen molar-refractivity contribution in [2.45, 2.75) is 44.2 Å². The van der Waals surface area contributed by atoms with Crippen LogP contribution in [0.4, 0.5) is 0 Å². The maximum atomic E-state index is 10.5. The zero-order chi connectivity index (χ0) is 10.7. The van der Waals surface area contributed by atoms with Crippen molar-refractivity contribution in [3.8, 4) is 0 Å². The Morgan fingerprint density at radius 2 is 2.27 bits per heavy atom. The Morgan fingerprint density at radius 1 is 1.47 bits per heavy atom. The molecular weight excluding hydrogens is 194 g/mol. The van der Waals surface area contributed by atoms with Gasteiger partial charge in [-0.15, -0.1) is 0 Å². The number of carboxylic acid groups (broad SMARTS) is 1. The third-order valence-electron chi connectivity index (χ3n) is 3.44. The zero-order valence-corrected chi connectivity index (χ0v) is 9.02. The van der Waals surface area contributed by atoms with Crippen LogP contribution in [0.1, 0.15) is 32.1 Å². The minimum atomic E-state index is -0.723. The van der Waals surface area contributed by atoms with Crippen LogP contribution in [0.3, 0.4) is 0 Å². The Morgan fingerprint density at radius 3 is 2.87 bits per heavy atom. The molecule has 1 saturated carbocycles. The number of rotatable bonds is 4. The van der Waals surface area contributed by atoms with E-state index in [1.165, 1.54) is 19.3 Å². The summed E-state index contributed by atoms with van der Waals surface area (Å²) in [5, 5.41) is 8.61.